The van der Waals surface area contributed by atoms with Crippen LogP contribution in [0.25, 0.3) is 0 Å². The number of rotatable bonds is 3. The Balaban J connectivity index is 2.83. The fourth-order valence-electron chi connectivity index (χ4n) is 1.03. The van der Waals surface area contributed by atoms with Crippen LogP contribution in [0.2, 0.25) is 0 Å². The lowest BCUT2D eigenvalue weighted by Gasteiger charge is -2.09. The third kappa shape index (κ3) is 2.62. The quantitative estimate of drug-likeness (QED) is 0.661. The zero-order valence-electron chi connectivity index (χ0n) is 7.93. The third-order valence-electron chi connectivity index (χ3n) is 1.93. The van der Waals surface area contributed by atoms with Gasteiger partial charge in [-0.2, -0.15) is 0 Å². The van der Waals surface area contributed by atoms with Crippen LogP contribution in [0.4, 0.5) is 0 Å². The van der Waals surface area contributed by atoms with Crippen molar-refractivity contribution in [3.8, 4) is 5.75 Å². The first kappa shape index (κ1) is 11.3. The van der Waals surface area contributed by atoms with Crippen molar-refractivity contribution in [2.45, 2.75) is 20.5 Å². The molecule has 0 unspecified atom stereocenters. The highest BCUT2D eigenvalue weighted by atomic mass is 31.2. The van der Waals surface area contributed by atoms with E-state index in [0.29, 0.717) is 16.8 Å². The van der Waals surface area contributed by atoms with Gasteiger partial charge in [-0.15, -0.1) is 0 Å². The normalized spacial score (nSPS) is 10.9. The Morgan fingerprint density at radius 3 is 2.64 bits per heavy atom. The molecular weight excluding hydrogens is 205 g/mol. The molecule has 0 aromatic carbocycles. The summed E-state index contributed by atoms with van der Waals surface area (Å²) < 4.78 is 4.63. The molecule has 6 heteroatoms. The summed E-state index contributed by atoms with van der Waals surface area (Å²) in [6.07, 6.45) is 1.54. The SMILES string of the molecule is Cc1ncc(COP(O)O)c(C)c1O. The number of aryl methyl sites for hydroxylation is 1. The summed E-state index contributed by atoms with van der Waals surface area (Å²) in [5, 5.41) is 9.51. The van der Waals surface area contributed by atoms with Crippen LogP contribution < -0.4 is 0 Å². The van der Waals surface area contributed by atoms with Gasteiger partial charge >= 0.3 is 8.60 Å². The fourth-order valence-corrected chi connectivity index (χ4v) is 1.28. The van der Waals surface area contributed by atoms with Crippen LogP contribution in [0.5, 0.6) is 5.75 Å². The van der Waals surface area contributed by atoms with Crippen LogP contribution in [0, 0.1) is 13.8 Å². The molecule has 3 N–H and O–H groups in total. The van der Waals surface area contributed by atoms with E-state index in [2.05, 4.69) is 9.51 Å². The first-order valence-corrected chi connectivity index (χ1v) is 5.13. The highest BCUT2D eigenvalue weighted by Crippen LogP contribution is 2.29. The van der Waals surface area contributed by atoms with Crippen molar-refractivity contribution in [3.05, 3.63) is 23.0 Å². The molecule has 1 heterocycles. The summed E-state index contributed by atoms with van der Waals surface area (Å²) in [5.41, 5.74) is 1.83. The molecule has 0 aliphatic carbocycles. The topological polar surface area (TPSA) is 82.8 Å². The molecule has 0 amide bonds. The zero-order valence-corrected chi connectivity index (χ0v) is 8.82. The zero-order chi connectivity index (χ0) is 10.7. The van der Waals surface area contributed by atoms with Crippen LogP contribution >= 0.6 is 8.60 Å². The molecule has 1 aromatic rings. The summed E-state index contributed by atoms with van der Waals surface area (Å²) in [6, 6.07) is 0. The number of hydrogen-bond donors (Lipinski definition) is 3. The lowest BCUT2D eigenvalue weighted by molar-refractivity contribution is 0.244. The Labute approximate surface area is 83.0 Å². The summed E-state index contributed by atoms with van der Waals surface area (Å²) >= 11 is 0. The lowest BCUT2D eigenvalue weighted by Crippen LogP contribution is -1.96. The molecule has 1 rings (SSSR count). The highest BCUT2D eigenvalue weighted by molar-refractivity contribution is 7.39. The van der Waals surface area contributed by atoms with Crippen LogP contribution in [-0.4, -0.2) is 19.9 Å². The molecule has 0 saturated carbocycles. The van der Waals surface area contributed by atoms with Gasteiger partial charge in [0, 0.05) is 11.8 Å². The first-order chi connectivity index (χ1) is 6.52. The Hall–Kier alpha value is -0.740. The molecule has 78 valence electrons. The monoisotopic (exact) mass is 217 g/mol. The molecule has 0 atom stereocenters. The van der Waals surface area contributed by atoms with Crippen LogP contribution in [0.1, 0.15) is 16.8 Å². The van der Waals surface area contributed by atoms with Gasteiger partial charge in [-0.1, -0.05) is 0 Å². The van der Waals surface area contributed by atoms with E-state index in [4.69, 9.17) is 9.79 Å². The smallest absolute Gasteiger partial charge is 0.327 e. The van der Waals surface area contributed by atoms with E-state index >= 15 is 0 Å². The van der Waals surface area contributed by atoms with E-state index in [1.54, 1.807) is 20.0 Å². The van der Waals surface area contributed by atoms with Crippen molar-refractivity contribution in [2.24, 2.45) is 0 Å². The van der Waals surface area contributed by atoms with Gasteiger partial charge in [0.15, 0.2) is 0 Å². The second kappa shape index (κ2) is 4.66. The number of aromatic hydroxyl groups is 1. The lowest BCUT2D eigenvalue weighted by atomic mass is 10.1. The second-order valence-electron chi connectivity index (χ2n) is 2.87. The molecule has 0 fully saturated rings. The molecule has 0 spiro atoms. The van der Waals surface area contributed by atoms with E-state index in [0.717, 1.165) is 0 Å². The maximum atomic E-state index is 9.51. The number of nitrogens with zero attached hydrogens (tertiary/aromatic N) is 1. The maximum Gasteiger partial charge on any atom is 0.327 e. The fraction of sp³-hybridized carbons (Fsp3) is 0.375. The molecule has 0 aliphatic rings. The predicted molar refractivity (Wildman–Crippen MR) is 51.5 cm³/mol. The van der Waals surface area contributed by atoms with Crippen molar-refractivity contribution in [2.75, 3.05) is 0 Å². The maximum absolute atomic E-state index is 9.51. The van der Waals surface area contributed by atoms with Crippen molar-refractivity contribution < 1.29 is 19.4 Å². The third-order valence-corrected chi connectivity index (χ3v) is 2.29. The standard InChI is InChI=1S/C8H12NO4P/c1-5-7(4-13-14(11)12)3-9-6(2)8(5)10/h3,10-12H,4H2,1-2H3. The Bertz CT molecular complexity index is 329. The number of hydrogen-bond acceptors (Lipinski definition) is 5. The van der Waals surface area contributed by atoms with Gasteiger partial charge in [0.05, 0.1) is 12.3 Å². The minimum Gasteiger partial charge on any atom is -0.506 e. The number of aromatic nitrogens is 1. The summed E-state index contributed by atoms with van der Waals surface area (Å²) in [5.74, 6) is 0.117. The van der Waals surface area contributed by atoms with E-state index in [9.17, 15) is 5.11 Å². The molecular formula is C8H12NO4P. The largest absolute Gasteiger partial charge is 0.506 e. The summed E-state index contributed by atoms with van der Waals surface area (Å²) in [6.45, 7) is 3.45. The van der Waals surface area contributed by atoms with Gasteiger partial charge in [0.25, 0.3) is 0 Å². The molecule has 0 aliphatic heterocycles. The molecule has 14 heavy (non-hydrogen) atoms. The molecule has 1 aromatic heterocycles. The average Bonchev–Trinajstić information content (AvgIpc) is 2.13. The summed E-state index contributed by atoms with van der Waals surface area (Å²) in [7, 11) is -2.36. The van der Waals surface area contributed by atoms with E-state index in [-0.39, 0.29) is 12.4 Å². The molecule has 0 bridgehead atoms. The van der Waals surface area contributed by atoms with Crippen LogP contribution in [-0.2, 0) is 11.1 Å². The minimum atomic E-state index is -2.36. The summed E-state index contributed by atoms with van der Waals surface area (Å²) in [4.78, 5) is 21.0. The van der Waals surface area contributed by atoms with Gasteiger partial charge in [0.1, 0.15) is 5.75 Å². The van der Waals surface area contributed by atoms with Crippen molar-refractivity contribution in [3.63, 3.8) is 0 Å². The Kier molecular flexibility index (Phi) is 3.77. The Morgan fingerprint density at radius 1 is 1.43 bits per heavy atom. The van der Waals surface area contributed by atoms with E-state index < -0.39 is 8.60 Å². The van der Waals surface area contributed by atoms with Crippen LogP contribution in [0.15, 0.2) is 6.20 Å². The minimum absolute atomic E-state index is 0.0331. The molecule has 5 nitrogen and oxygen atoms in total. The van der Waals surface area contributed by atoms with Crippen molar-refractivity contribution in [1.82, 2.24) is 4.98 Å². The molecule has 0 radical (unpaired) electrons. The van der Waals surface area contributed by atoms with Crippen molar-refractivity contribution >= 4 is 8.60 Å². The first-order valence-electron chi connectivity index (χ1n) is 3.97. The van der Waals surface area contributed by atoms with E-state index in [1.165, 1.54) is 0 Å². The highest BCUT2D eigenvalue weighted by Gasteiger charge is 2.09. The molecule has 0 saturated heterocycles. The average molecular weight is 217 g/mol. The van der Waals surface area contributed by atoms with Gasteiger partial charge in [-0.3, -0.25) is 4.98 Å². The Morgan fingerprint density at radius 2 is 2.07 bits per heavy atom. The second-order valence-corrected chi connectivity index (χ2v) is 3.63. The van der Waals surface area contributed by atoms with Gasteiger partial charge in [-0.05, 0) is 19.4 Å². The van der Waals surface area contributed by atoms with Gasteiger partial charge < -0.3 is 19.4 Å². The van der Waals surface area contributed by atoms with Crippen molar-refractivity contribution in [1.29, 1.82) is 0 Å². The number of pyridine rings is 1. The van der Waals surface area contributed by atoms with E-state index in [1.807, 2.05) is 0 Å². The predicted octanol–water partition coefficient (Wildman–Crippen LogP) is 1.13. The van der Waals surface area contributed by atoms with Gasteiger partial charge in [-0.25, -0.2) is 0 Å². The van der Waals surface area contributed by atoms with Gasteiger partial charge in [0.2, 0.25) is 0 Å². The van der Waals surface area contributed by atoms with Crippen LogP contribution in [0.3, 0.4) is 0 Å².